The standard InChI is InChI=1S/C18H15F3N2O/c1-23-11-15(14-4-2-3-5-16(14)23)17(24)10-22-13-8-6-12(7-9-13)18(19,20)21/h2-9,11,22H,10H2,1H3. The van der Waals surface area contributed by atoms with Gasteiger partial charge in [0.15, 0.2) is 5.78 Å². The van der Waals surface area contributed by atoms with E-state index in [1.165, 1.54) is 12.1 Å². The second-order valence-corrected chi connectivity index (χ2v) is 5.52. The van der Waals surface area contributed by atoms with Crippen LogP contribution in [0.5, 0.6) is 0 Å². The second-order valence-electron chi connectivity index (χ2n) is 5.52. The van der Waals surface area contributed by atoms with E-state index >= 15 is 0 Å². The van der Waals surface area contributed by atoms with Gasteiger partial charge in [0.05, 0.1) is 12.1 Å². The number of aromatic nitrogens is 1. The van der Waals surface area contributed by atoms with E-state index in [1.807, 2.05) is 35.9 Å². The molecule has 1 N–H and O–H groups in total. The summed E-state index contributed by atoms with van der Waals surface area (Å²) in [5.74, 6) is -0.119. The van der Waals surface area contributed by atoms with Gasteiger partial charge in [-0.25, -0.2) is 0 Å². The fraction of sp³-hybridized carbons (Fsp3) is 0.167. The van der Waals surface area contributed by atoms with Crippen LogP contribution in [0.2, 0.25) is 0 Å². The van der Waals surface area contributed by atoms with E-state index in [4.69, 9.17) is 0 Å². The average molecular weight is 332 g/mol. The van der Waals surface area contributed by atoms with Crippen LogP contribution in [-0.4, -0.2) is 16.9 Å². The maximum atomic E-state index is 12.5. The first-order valence-electron chi connectivity index (χ1n) is 7.34. The Kier molecular flexibility index (Phi) is 4.05. The Bertz CT molecular complexity index is 879. The smallest absolute Gasteiger partial charge is 0.378 e. The van der Waals surface area contributed by atoms with E-state index in [2.05, 4.69) is 5.32 Å². The molecular formula is C18H15F3N2O. The van der Waals surface area contributed by atoms with Crippen molar-refractivity contribution < 1.29 is 18.0 Å². The van der Waals surface area contributed by atoms with Gasteiger partial charge < -0.3 is 9.88 Å². The van der Waals surface area contributed by atoms with E-state index in [0.29, 0.717) is 11.3 Å². The van der Waals surface area contributed by atoms with E-state index in [-0.39, 0.29) is 12.3 Å². The van der Waals surface area contributed by atoms with Crippen molar-refractivity contribution in [2.45, 2.75) is 6.18 Å². The summed E-state index contributed by atoms with van der Waals surface area (Å²) >= 11 is 0. The van der Waals surface area contributed by atoms with Gasteiger partial charge in [0, 0.05) is 35.4 Å². The maximum Gasteiger partial charge on any atom is 0.416 e. The molecule has 0 aliphatic heterocycles. The fourth-order valence-electron chi connectivity index (χ4n) is 2.62. The highest BCUT2D eigenvalue weighted by molar-refractivity contribution is 6.09. The Balaban J connectivity index is 1.73. The van der Waals surface area contributed by atoms with E-state index in [9.17, 15) is 18.0 Å². The van der Waals surface area contributed by atoms with Gasteiger partial charge in [-0.15, -0.1) is 0 Å². The van der Waals surface area contributed by atoms with Crippen molar-refractivity contribution in [3.8, 4) is 0 Å². The summed E-state index contributed by atoms with van der Waals surface area (Å²) in [5.41, 5.74) is 1.30. The molecule has 3 rings (SSSR count). The maximum absolute atomic E-state index is 12.5. The van der Waals surface area contributed by atoms with E-state index < -0.39 is 11.7 Å². The van der Waals surface area contributed by atoms with Crippen LogP contribution in [-0.2, 0) is 13.2 Å². The summed E-state index contributed by atoms with van der Waals surface area (Å²) in [6.45, 7) is 0.0133. The van der Waals surface area contributed by atoms with Gasteiger partial charge in [-0.3, -0.25) is 4.79 Å². The fourth-order valence-corrected chi connectivity index (χ4v) is 2.62. The molecule has 0 radical (unpaired) electrons. The summed E-state index contributed by atoms with van der Waals surface area (Å²) in [5, 5.41) is 3.73. The van der Waals surface area contributed by atoms with Gasteiger partial charge >= 0.3 is 6.18 Å². The molecule has 0 aliphatic carbocycles. The molecule has 0 spiro atoms. The Labute approximate surface area is 136 Å². The zero-order valence-electron chi connectivity index (χ0n) is 12.9. The lowest BCUT2D eigenvalue weighted by molar-refractivity contribution is -0.137. The first-order chi connectivity index (χ1) is 11.4. The number of nitrogens with zero attached hydrogens (tertiary/aromatic N) is 1. The zero-order valence-corrected chi connectivity index (χ0v) is 12.9. The highest BCUT2D eigenvalue weighted by atomic mass is 19.4. The molecule has 0 bridgehead atoms. The minimum atomic E-state index is -4.36. The molecule has 2 aromatic carbocycles. The van der Waals surface area contributed by atoms with Crippen LogP contribution < -0.4 is 5.32 Å². The molecule has 0 saturated heterocycles. The van der Waals surface area contributed by atoms with Crippen molar-refractivity contribution in [1.29, 1.82) is 0 Å². The summed E-state index contributed by atoms with van der Waals surface area (Å²) in [7, 11) is 1.86. The van der Waals surface area contributed by atoms with E-state index in [0.717, 1.165) is 23.0 Å². The van der Waals surface area contributed by atoms with Crippen LogP contribution >= 0.6 is 0 Å². The van der Waals surface area contributed by atoms with Crippen LogP contribution in [0.4, 0.5) is 18.9 Å². The first-order valence-corrected chi connectivity index (χ1v) is 7.34. The van der Waals surface area contributed by atoms with Gasteiger partial charge in [0.1, 0.15) is 0 Å². The molecule has 0 saturated carbocycles. The molecule has 1 aromatic heterocycles. The molecule has 0 unspecified atom stereocenters. The Morgan fingerprint density at radius 3 is 2.42 bits per heavy atom. The van der Waals surface area contributed by atoms with Gasteiger partial charge in [-0.2, -0.15) is 13.2 Å². The summed E-state index contributed by atoms with van der Waals surface area (Å²) in [4.78, 5) is 12.4. The predicted molar refractivity (Wildman–Crippen MR) is 87.2 cm³/mol. The molecule has 3 aromatic rings. The molecule has 1 heterocycles. The minimum Gasteiger partial charge on any atom is -0.378 e. The van der Waals surface area contributed by atoms with Gasteiger partial charge in [0.25, 0.3) is 0 Å². The van der Waals surface area contributed by atoms with Crippen LogP contribution in [0.3, 0.4) is 0 Å². The predicted octanol–water partition coefficient (Wildman–Crippen LogP) is 4.49. The largest absolute Gasteiger partial charge is 0.416 e. The number of aryl methyl sites for hydroxylation is 1. The summed E-state index contributed by atoms with van der Waals surface area (Å²) in [6.07, 6.45) is -2.60. The molecule has 124 valence electrons. The number of carbonyl (C=O) groups is 1. The quantitative estimate of drug-likeness (QED) is 0.714. The van der Waals surface area contributed by atoms with Crippen LogP contribution in [0.1, 0.15) is 15.9 Å². The number of nitrogens with one attached hydrogen (secondary N) is 1. The molecule has 6 heteroatoms. The Morgan fingerprint density at radius 1 is 1.08 bits per heavy atom. The Hall–Kier alpha value is -2.76. The SMILES string of the molecule is Cn1cc(C(=O)CNc2ccc(C(F)(F)F)cc2)c2ccccc21. The molecular weight excluding hydrogens is 317 g/mol. The average Bonchev–Trinajstić information content (AvgIpc) is 2.90. The number of hydrogen-bond acceptors (Lipinski definition) is 2. The number of anilines is 1. The highest BCUT2D eigenvalue weighted by Crippen LogP contribution is 2.29. The van der Waals surface area contributed by atoms with E-state index in [1.54, 1.807) is 6.20 Å². The Morgan fingerprint density at radius 2 is 1.75 bits per heavy atom. The summed E-state index contributed by atoms with van der Waals surface area (Å²) in [6, 6.07) is 12.2. The first kappa shape index (κ1) is 16.1. The normalized spacial score (nSPS) is 11.7. The number of halogens is 3. The number of ketones is 1. The van der Waals surface area contributed by atoms with Crippen molar-refractivity contribution in [3.63, 3.8) is 0 Å². The van der Waals surface area contributed by atoms with Gasteiger partial charge in [0.2, 0.25) is 0 Å². The van der Waals surface area contributed by atoms with Crippen molar-refractivity contribution in [3.05, 3.63) is 65.9 Å². The molecule has 24 heavy (non-hydrogen) atoms. The third kappa shape index (κ3) is 3.13. The number of rotatable bonds is 4. The van der Waals surface area contributed by atoms with Crippen LogP contribution in [0.15, 0.2) is 54.7 Å². The molecule has 0 amide bonds. The highest BCUT2D eigenvalue weighted by Gasteiger charge is 2.29. The monoisotopic (exact) mass is 332 g/mol. The lowest BCUT2D eigenvalue weighted by Gasteiger charge is -2.09. The molecule has 0 aliphatic rings. The number of carbonyl (C=O) groups excluding carboxylic acids is 1. The van der Waals surface area contributed by atoms with Gasteiger partial charge in [-0.1, -0.05) is 18.2 Å². The zero-order chi connectivity index (χ0) is 17.3. The number of benzene rings is 2. The second kappa shape index (κ2) is 6.03. The number of para-hydroxylation sites is 1. The van der Waals surface area contributed by atoms with Crippen LogP contribution in [0.25, 0.3) is 10.9 Å². The van der Waals surface area contributed by atoms with Crippen LogP contribution in [0, 0.1) is 0 Å². The van der Waals surface area contributed by atoms with Crippen molar-refractivity contribution in [2.75, 3.05) is 11.9 Å². The third-order valence-electron chi connectivity index (χ3n) is 3.86. The third-order valence-corrected chi connectivity index (χ3v) is 3.86. The lowest BCUT2D eigenvalue weighted by Crippen LogP contribution is -2.14. The summed E-state index contributed by atoms with van der Waals surface area (Å²) < 4.78 is 39.5. The number of fused-ring (bicyclic) bond motifs is 1. The van der Waals surface area contributed by atoms with Crippen molar-refractivity contribution >= 4 is 22.4 Å². The number of Topliss-reactive ketones (excluding diaryl/α,β-unsaturated/α-hetero) is 1. The number of alkyl halides is 3. The van der Waals surface area contributed by atoms with Gasteiger partial charge in [-0.05, 0) is 30.3 Å². The minimum absolute atomic E-state index is 0.0133. The molecule has 0 fully saturated rings. The van der Waals surface area contributed by atoms with Crippen molar-refractivity contribution in [2.24, 2.45) is 7.05 Å². The molecule has 3 nitrogen and oxygen atoms in total. The lowest BCUT2D eigenvalue weighted by atomic mass is 10.1. The van der Waals surface area contributed by atoms with Crippen molar-refractivity contribution in [1.82, 2.24) is 4.57 Å². The number of hydrogen-bond donors (Lipinski definition) is 1. The topological polar surface area (TPSA) is 34.0 Å². The molecule has 0 atom stereocenters.